The maximum atomic E-state index is 12.9. The van der Waals surface area contributed by atoms with Gasteiger partial charge in [0, 0.05) is 19.2 Å². The van der Waals surface area contributed by atoms with Gasteiger partial charge in [0.15, 0.2) is 0 Å². The third-order valence-corrected chi connectivity index (χ3v) is 3.95. The molecule has 5 nitrogen and oxygen atoms in total. The molecule has 0 saturated carbocycles. The summed E-state index contributed by atoms with van der Waals surface area (Å²) in [6.07, 6.45) is 0.739. The van der Waals surface area contributed by atoms with Crippen LogP contribution in [0, 0.1) is 11.3 Å². The van der Waals surface area contributed by atoms with Gasteiger partial charge >= 0.3 is 0 Å². The van der Waals surface area contributed by atoms with E-state index in [1.807, 2.05) is 13.8 Å². The van der Waals surface area contributed by atoms with Gasteiger partial charge in [0.2, 0.25) is 11.8 Å². The molecule has 1 aliphatic heterocycles. The molecule has 0 bridgehead atoms. The minimum atomic E-state index is -1.13. The van der Waals surface area contributed by atoms with Crippen molar-refractivity contribution in [1.29, 1.82) is 0 Å². The number of benzene rings is 1. The number of amides is 2. The number of rotatable bonds is 3. The van der Waals surface area contributed by atoms with E-state index in [9.17, 15) is 14.4 Å². The maximum absolute atomic E-state index is 12.9. The molecule has 22 heavy (non-hydrogen) atoms. The monoisotopic (exact) mass is 302 g/mol. The van der Waals surface area contributed by atoms with Gasteiger partial charge in [-0.25, -0.2) is 0 Å². The summed E-state index contributed by atoms with van der Waals surface area (Å²) >= 11 is 0. The molecule has 0 unspecified atom stereocenters. The largest absolute Gasteiger partial charge is 0.313 e. The summed E-state index contributed by atoms with van der Waals surface area (Å²) in [5.74, 6) is -0.222. The van der Waals surface area contributed by atoms with Crippen LogP contribution in [-0.4, -0.2) is 31.7 Å². The zero-order valence-electron chi connectivity index (χ0n) is 13.7. The smallest absolute Gasteiger partial charge is 0.242 e. The molecule has 1 aromatic rings. The second-order valence-corrected chi connectivity index (χ2v) is 6.66. The lowest BCUT2D eigenvalue weighted by Gasteiger charge is -2.29. The van der Waals surface area contributed by atoms with Crippen molar-refractivity contribution in [3.63, 3.8) is 0 Å². The number of carbonyl (C=O) groups excluding carboxylic acids is 3. The Morgan fingerprint density at radius 1 is 1.14 bits per heavy atom. The number of fused-ring (bicyclic) bond motifs is 1. The molecule has 0 saturated heterocycles. The fourth-order valence-corrected chi connectivity index (χ4v) is 2.72. The second-order valence-electron chi connectivity index (χ2n) is 6.66. The van der Waals surface area contributed by atoms with Crippen molar-refractivity contribution in [2.75, 3.05) is 23.4 Å². The molecule has 1 aliphatic rings. The molecule has 2 amide bonds. The third-order valence-electron chi connectivity index (χ3n) is 3.95. The van der Waals surface area contributed by atoms with Crippen LogP contribution in [0.1, 0.15) is 38.1 Å². The normalized spacial score (nSPS) is 17.5. The SMILES string of the molecule is CC(C)CN1C(=O)C(C)(C)C(=O)N(C)c2cc(C=O)ccc21. The average Bonchev–Trinajstić information content (AvgIpc) is 2.53. The molecular weight excluding hydrogens is 280 g/mol. The average molecular weight is 302 g/mol. The Morgan fingerprint density at radius 2 is 1.77 bits per heavy atom. The molecule has 0 fully saturated rings. The Labute approximate surface area is 130 Å². The molecule has 0 aliphatic carbocycles. The summed E-state index contributed by atoms with van der Waals surface area (Å²) in [6, 6.07) is 5.07. The van der Waals surface area contributed by atoms with Crippen LogP contribution in [0.25, 0.3) is 0 Å². The number of aldehydes is 1. The maximum Gasteiger partial charge on any atom is 0.242 e. The summed E-state index contributed by atoms with van der Waals surface area (Å²) in [5.41, 5.74) is 0.610. The van der Waals surface area contributed by atoms with E-state index < -0.39 is 5.41 Å². The number of carbonyl (C=O) groups is 3. The summed E-state index contributed by atoms with van der Waals surface area (Å²) in [7, 11) is 1.64. The van der Waals surface area contributed by atoms with Crippen LogP contribution < -0.4 is 9.80 Å². The standard InChI is InChI=1S/C17H22N2O3/c1-11(2)9-19-13-7-6-12(10-20)8-14(13)18(5)15(21)17(3,4)16(19)22/h6-8,10-11H,9H2,1-5H3. The van der Waals surface area contributed by atoms with Crippen molar-refractivity contribution >= 4 is 29.5 Å². The zero-order chi connectivity index (χ0) is 16.7. The van der Waals surface area contributed by atoms with Crippen LogP contribution in [-0.2, 0) is 9.59 Å². The quantitative estimate of drug-likeness (QED) is 0.636. The lowest BCUT2D eigenvalue weighted by molar-refractivity contribution is -0.137. The van der Waals surface area contributed by atoms with E-state index in [0.29, 0.717) is 23.5 Å². The molecule has 0 aromatic heterocycles. The highest BCUT2D eigenvalue weighted by atomic mass is 16.2. The third kappa shape index (κ3) is 2.51. The second kappa shape index (κ2) is 5.55. The van der Waals surface area contributed by atoms with Gasteiger partial charge in [0.1, 0.15) is 11.7 Å². The van der Waals surface area contributed by atoms with Gasteiger partial charge in [-0.05, 0) is 38.0 Å². The van der Waals surface area contributed by atoms with Crippen LogP contribution in [0.15, 0.2) is 18.2 Å². The van der Waals surface area contributed by atoms with Crippen LogP contribution in [0.2, 0.25) is 0 Å². The molecule has 0 radical (unpaired) electrons. The van der Waals surface area contributed by atoms with Crippen LogP contribution in [0.5, 0.6) is 0 Å². The van der Waals surface area contributed by atoms with E-state index in [1.54, 1.807) is 44.0 Å². The Hall–Kier alpha value is -2.17. The molecule has 1 heterocycles. The lowest BCUT2D eigenvalue weighted by Crippen LogP contribution is -2.48. The highest BCUT2D eigenvalue weighted by Gasteiger charge is 2.45. The molecule has 0 spiro atoms. The lowest BCUT2D eigenvalue weighted by atomic mass is 9.90. The Balaban J connectivity index is 2.69. The fraction of sp³-hybridized carbons (Fsp3) is 0.471. The zero-order valence-corrected chi connectivity index (χ0v) is 13.7. The fourth-order valence-electron chi connectivity index (χ4n) is 2.72. The first-order valence-electron chi connectivity index (χ1n) is 7.39. The molecule has 0 N–H and O–H groups in total. The van der Waals surface area contributed by atoms with E-state index in [0.717, 1.165) is 6.29 Å². The molecule has 0 atom stereocenters. The van der Waals surface area contributed by atoms with Crippen molar-refractivity contribution < 1.29 is 14.4 Å². The molecular formula is C17H22N2O3. The van der Waals surface area contributed by atoms with E-state index >= 15 is 0 Å². The Morgan fingerprint density at radius 3 is 2.32 bits per heavy atom. The van der Waals surface area contributed by atoms with Crippen molar-refractivity contribution in [2.45, 2.75) is 27.7 Å². The summed E-state index contributed by atoms with van der Waals surface area (Å²) in [4.78, 5) is 39.7. The van der Waals surface area contributed by atoms with E-state index in [4.69, 9.17) is 0 Å². The molecule has 2 rings (SSSR count). The first-order chi connectivity index (χ1) is 10.2. The van der Waals surface area contributed by atoms with Crippen molar-refractivity contribution in [3.05, 3.63) is 23.8 Å². The highest BCUT2D eigenvalue weighted by Crippen LogP contribution is 2.38. The predicted octanol–water partition coefficient (Wildman–Crippen LogP) is 2.49. The molecule has 5 heteroatoms. The van der Waals surface area contributed by atoms with E-state index in [1.165, 1.54) is 4.90 Å². The van der Waals surface area contributed by atoms with Gasteiger partial charge in [-0.1, -0.05) is 13.8 Å². The summed E-state index contributed by atoms with van der Waals surface area (Å²) in [5, 5.41) is 0. The Bertz CT molecular complexity index is 635. The first kappa shape index (κ1) is 16.2. The van der Waals surface area contributed by atoms with Gasteiger partial charge < -0.3 is 9.80 Å². The highest BCUT2D eigenvalue weighted by molar-refractivity contribution is 6.20. The number of hydrogen-bond donors (Lipinski definition) is 0. The van der Waals surface area contributed by atoms with Gasteiger partial charge in [0.05, 0.1) is 11.4 Å². The summed E-state index contributed by atoms with van der Waals surface area (Å²) in [6.45, 7) is 7.87. The van der Waals surface area contributed by atoms with Gasteiger partial charge in [-0.15, -0.1) is 0 Å². The molecule has 1 aromatic carbocycles. The van der Waals surface area contributed by atoms with Gasteiger partial charge in [-0.3, -0.25) is 14.4 Å². The minimum Gasteiger partial charge on any atom is -0.313 e. The van der Waals surface area contributed by atoms with Gasteiger partial charge in [0.25, 0.3) is 0 Å². The van der Waals surface area contributed by atoms with Crippen molar-refractivity contribution in [3.8, 4) is 0 Å². The Kier molecular flexibility index (Phi) is 4.09. The van der Waals surface area contributed by atoms with E-state index in [2.05, 4.69) is 0 Å². The summed E-state index contributed by atoms with van der Waals surface area (Å²) < 4.78 is 0. The topological polar surface area (TPSA) is 57.7 Å². The van der Waals surface area contributed by atoms with Crippen LogP contribution >= 0.6 is 0 Å². The minimum absolute atomic E-state index is 0.212. The number of anilines is 2. The number of hydrogen-bond acceptors (Lipinski definition) is 3. The van der Waals surface area contributed by atoms with Crippen molar-refractivity contribution in [1.82, 2.24) is 0 Å². The van der Waals surface area contributed by atoms with Crippen LogP contribution in [0.3, 0.4) is 0 Å². The first-order valence-corrected chi connectivity index (χ1v) is 7.39. The van der Waals surface area contributed by atoms with Crippen LogP contribution in [0.4, 0.5) is 11.4 Å². The predicted molar refractivity (Wildman–Crippen MR) is 86.2 cm³/mol. The number of nitrogens with zero attached hydrogens (tertiary/aromatic N) is 2. The van der Waals surface area contributed by atoms with E-state index in [-0.39, 0.29) is 17.7 Å². The van der Waals surface area contributed by atoms with Crippen molar-refractivity contribution in [2.24, 2.45) is 11.3 Å². The molecule has 118 valence electrons. The van der Waals surface area contributed by atoms with Gasteiger partial charge in [-0.2, -0.15) is 0 Å².